The van der Waals surface area contributed by atoms with Crippen LogP contribution in [0.3, 0.4) is 0 Å². The second kappa shape index (κ2) is 7.21. The Labute approximate surface area is 130 Å². The van der Waals surface area contributed by atoms with Crippen LogP contribution in [0.1, 0.15) is 30.6 Å². The lowest BCUT2D eigenvalue weighted by molar-refractivity contribution is 0.0521. The lowest BCUT2D eigenvalue weighted by atomic mass is 10.3. The van der Waals surface area contributed by atoms with E-state index in [4.69, 9.17) is 4.74 Å². The number of nitrogens with zero attached hydrogens (tertiary/aromatic N) is 3. The molecule has 2 heterocycles. The molecular weight excluding hydrogens is 308 g/mol. The molecule has 0 unspecified atom stereocenters. The Balaban J connectivity index is 2.15. The van der Waals surface area contributed by atoms with Crippen LogP contribution in [0.25, 0.3) is 0 Å². The summed E-state index contributed by atoms with van der Waals surface area (Å²) in [5.74, 6) is -0.681. The topological polar surface area (TPSA) is 95.6 Å². The maximum atomic E-state index is 12.7. The van der Waals surface area contributed by atoms with Gasteiger partial charge in [0.2, 0.25) is 0 Å². The third-order valence-electron chi connectivity index (χ3n) is 3.57. The van der Waals surface area contributed by atoms with Crippen LogP contribution in [0.5, 0.6) is 0 Å². The Morgan fingerprint density at radius 2 is 2.00 bits per heavy atom. The molecule has 0 radical (unpaired) electrons. The summed E-state index contributed by atoms with van der Waals surface area (Å²) in [4.78, 5) is 14.0. The van der Waals surface area contributed by atoms with E-state index in [9.17, 15) is 13.2 Å². The van der Waals surface area contributed by atoms with Crippen LogP contribution >= 0.6 is 0 Å². The molecule has 0 aliphatic carbocycles. The minimum Gasteiger partial charge on any atom is -0.462 e. The summed E-state index contributed by atoms with van der Waals surface area (Å²) in [7, 11) is -3.76. The summed E-state index contributed by atoms with van der Waals surface area (Å²) in [6.45, 7) is 7.10. The Hall–Kier alpha value is -1.45. The van der Waals surface area contributed by atoms with Gasteiger partial charge in [0.1, 0.15) is 5.56 Å². The number of rotatable bonds is 6. The lowest BCUT2D eigenvalue weighted by Gasteiger charge is -2.33. The zero-order valence-corrected chi connectivity index (χ0v) is 13.7. The van der Waals surface area contributed by atoms with Gasteiger partial charge in [-0.3, -0.25) is 5.10 Å². The van der Waals surface area contributed by atoms with Crippen LogP contribution in [0.2, 0.25) is 0 Å². The quantitative estimate of drug-likeness (QED) is 0.754. The molecule has 22 heavy (non-hydrogen) atoms. The molecule has 1 aromatic rings. The molecule has 0 aromatic carbocycles. The minimum absolute atomic E-state index is 0.0437. The molecule has 9 heteroatoms. The van der Waals surface area contributed by atoms with E-state index in [-0.39, 0.29) is 17.2 Å². The summed E-state index contributed by atoms with van der Waals surface area (Å²) >= 11 is 0. The van der Waals surface area contributed by atoms with Gasteiger partial charge in [-0.05, 0) is 19.9 Å². The van der Waals surface area contributed by atoms with Gasteiger partial charge in [-0.25, -0.2) is 13.2 Å². The smallest absolute Gasteiger partial charge is 0.342 e. The van der Waals surface area contributed by atoms with E-state index in [1.54, 1.807) is 6.92 Å². The largest absolute Gasteiger partial charge is 0.462 e. The molecule has 0 amide bonds. The Bertz CT molecular complexity index is 605. The normalized spacial score (nSPS) is 17.5. The van der Waals surface area contributed by atoms with Crippen LogP contribution in [-0.4, -0.2) is 73.1 Å². The number of sulfonamides is 1. The maximum absolute atomic E-state index is 12.7. The fraction of sp³-hybridized carbons (Fsp3) is 0.692. The Kier molecular flexibility index (Phi) is 5.54. The fourth-order valence-electron chi connectivity index (χ4n) is 2.46. The molecule has 124 valence electrons. The molecule has 0 bridgehead atoms. The Morgan fingerprint density at radius 1 is 1.32 bits per heavy atom. The third-order valence-corrected chi connectivity index (χ3v) is 5.44. The minimum atomic E-state index is -3.76. The van der Waals surface area contributed by atoms with Gasteiger partial charge < -0.3 is 9.64 Å². The van der Waals surface area contributed by atoms with Crippen LogP contribution < -0.4 is 0 Å². The molecule has 0 atom stereocenters. The molecule has 1 N–H and O–H groups in total. The monoisotopic (exact) mass is 330 g/mol. The van der Waals surface area contributed by atoms with E-state index < -0.39 is 16.0 Å². The van der Waals surface area contributed by atoms with Crippen LogP contribution in [0.15, 0.2) is 11.2 Å². The number of piperazine rings is 1. The summed E-state index contributed by atoms with van der Waals surface area (Å²) in [5, 5.41) is 5.93. The predicted octanol–water partition coefficient (Wildman–Crippen LogP) is 0.303. The van der Waals surface area contributed by atoms with Gasteiger partial charge in [0, 0.05) is 26.2 Å². The van der Waals surface area contributed by atoms with E-state index in [2.05, 4.69) is 22.0 Å². The van der Waals surface area contributed by atoms with Crippen molar-refractivity contribution in [3.63, 3.8) is 0 Å². The number of esters is 1. The average molecular weight is 330 g/mol. The van der Waals surface area contributed by atoms with Gasteiger partial charge >= 0.3 is 5.97 Å². The van der Waals surface area contributed by atoms with E-state index >= 15 is 0 Å². The predicted molar refractivity (Wildman–Crippen MR) is 80.0 cm³/mol. The highest BCUT2D eigenvalue weighted by molar-refractivity contribution is 7.89. The first kappa shape index (κ1) is 16.9. The summed E-state index contributed by atoms with van der Waals surface area (Å²) in [5.41, 5.74) is -0.0437. The van der Waals surface area contributed by atoms with Crippen molar-refractivity contribution in [3.05, 3.63) is 11.8 Å². The SMILES string of the molecule is CCCN1CCN(S(=O)(=O)c2[nH]ncc2C(=O)OCC)CC1. The van der Waals surface area contributed by atoms with E-state index in [0.717, 1.165) is 13.0 Å². The second-order valence-corrected chi connectivity index (χ2v) is 6.95. The fourth-order valence-corrected chi connectivity index (χ4v) is 3.95. The van der Waals surface area contributed by atoms with Gasteiger partial charge in [-0.1, -0.05) is 6.92 Å². The maximum Gasteiger partial charge on any atom is 0.342 e. The van der Waals surface area contributed by atoms with Crippen molar-refractivity contribution in [1.82, 2.24) is 19.4 Å². The molecule has 1 fully saturated rings. The molecule has 1 saturated heterocycles. The number of carbonyl (C=O) groups is 1. The summed E-state index contributed by atoms with van der Waals surface area (Å²) in [6, 6.07) is 0. The van der Waals surface area contributed by atoms with Crippen molar-refractivity contribution in [1.29, 1.82) is 0 Å². The first-order valence-electron chi connectivity index (χ1n) is 7.43. The van der Waals surface area contributed by atoms with E-state index in [0.29, 0.717) is 26.2 Å². The average Bonchev–Trinajstić information content (AvgIpc) is 2.99. The molecule has 1 aliphatic rings. The molecule has 0 saturated carbocycles. The van der Waals surface area contributed by atoms with E-state index in [1.807, 2.05) is 0 Å². The number of hydrogen-bond acceptors (Lipinski definition) is 6. The molecule has 1 aromatic heterocycles. The molecule has 1 aliphatic heterocycles. The number of aromatic amines is 1. The van der Waals surface area contributed by atoms with Crippen LogP contribution in [-0.2, 0) is 14.8 Å². The highest BCUT2D eigenvalue weighted by atomic mass is 32.2. The molecule has 0 spiro atoms. The number of hydrogen-bond donors (Lipinski definition) is 1. The van der Waals surface area contributed by atoms with Gasteiger partial charge in [-0.15, -0.1) is 0 Å². The molecule has 8 nitrogen and oxygen atoms in total. The van der Waals surface area contributed by atoms with Crippen molar-refractivity contribution in [3.8, 4) is 0 Å². The Morgan fingerprint density at radius 3 is 2.59 bits per heavy atom. The standard InChI is InChI=1S/C13H22N4O4S/c1-3-5-16-6-8-17(9-7-16)22(19,20)12-11(10-14-15-12)13(18)21-4-2/h10H,3-9H2,1-2H3,(H,14,15). The van der Waals surface area contributed by atoms with Crippen molar-refractivity contribution < 1.29 is 17.9 Å². The zero-order chi connectivity index (χ0) is 16.2. The number of aromatic nitrogens is 2. The number of nitrogens with one attached hydrogen (secondary N) is 1. The lowest BCUT2D eigenvalue weighted by Crippen LogP contribution is -2.48. The number of carbonyl (C=O) groups excluding carboxylic acids is 1. The highest BCUT2D eigenvalue weighted by Crippen LogP contribution is 2.20. The van der Waals surface area contributed by atoms with Crippen molar-refractivity contribution in [2.75, 3.05) is 39.3 Å². The molecular formula is C13H22N4O4S. The van der Waals surface area contributed by atoms with Crippen LogP contribution in [0.4, 0.5) is 0 Å². The number of ether oxygens (including phenoxy) is 1. The van der Waals surface area contributed by atoms with Gasteiger partial charge in [-0.2, -0.15) is 9.40 Å². The van der Waals surface area contributed by atoms with Gasteiger partial charge in [0.15, 0.2) is 5.03 Å². The summed E-state index contributed by atoms with van der Waals surface area (Å²) < 4.78 is 31.6. The second-order valence-electron chi connectivity index (χ2n) is 5.08. The number of H-pyrrole nitrogens is 1. The van der Waals surface area contributed by atoms with Gasteiger partial charge in [0.25, 0.3) is 10.0 Å². The highest BCUT2D eigenvalue weighted by Gasteiger charge is 2.33. The summed E-state index contributed by atoms with van der Waals surface area (Å²) in [6.07, 6.45) is 2.23. The van der Waals surface area contributed by atoms with Crippen molar-refractivity contribution >= 4 is 16.0 Å². The first-order valence-corrected chi connectivity index (χ1v) is 8.87. The van der Waals surface area contributed by atoms with Crippen molar-refractivity contribution in [2.24, 2.45) is 0 Å². The van der Waals surface area contributed by atoms with Crippen molar-refractivity contribution in [2.45, 2.75) is 25.3 Å². The molecule has 2 rings (SSSR count). The third kappa shape index (κ3) is 3.47. The zero-order valence-electron chi connectivity index (χ0n) is 12.9. The van der Waals surface area contributed by atoms with E-state index in [1.165, 1.54) is 10.5 Å². The van der Waals surface area contributed by atoms with Crippen LogP contribution in [0, 0.1) is 0 Å². The van der Waals surface area contributed by atoms with Gasteiger partial charge in [0.05, 0.1) is 12.8 Å². The first-order chi connectivity index (χ1) is 10.5.